The molecule has 2 N–H and O–H groups in total. The van der Waals surface area contributed by atoms with E-state index >= 15 is 0 Å². The SMILES string of the molecule is CCC1/C=C(\C)CC(C)CC(OC)C2OC(O)(C(=O)C(=O)N3CCCCC3C(=O)OC(C(C)=CC3CCC(Oc4ccc(N(C)C)cc4)C(OC)C3)C(C)C(O)CC1=O)C(C)CC2OC. The minimum Gasteiger partial charge on any atom is -0.488 e. The highest BCUT2D eigenvalue weighted by molar-refractivity contribution is 6.39. The second kappa shape index (κ2) is 23.4. The molecular weight excluding hydrogens is 833 g/mol. The number of carbonyl (C=O) groups is 4. The molecular formula is C51H78N2O12. The van der Waals surface area contributed by atoms with Gasteiger partial charge < -0.3 is 48.4 Å². The van der Waals surface area contributed by atoms with Crippen LogP contribution in [0, 0.1) is 29.6 Å². The molecule has 3 aliphatic heterocycles. The van der Waals surface area contributed by atoms with E-state index in [2.05, 4.69) is 13.0 Å². The number of piperidine rings is 1. The number of nitrogens with zero attached hydrogens (tertiary/aromatic N) is 2. The summed E-state index contributed by atoms with van der Waals surface area (Å²) in [6.45, 7) is 11.4. The van der Waals surface area contributed by atoms with Crippen LogP contribution in [0.25, 0.3) is 0 Å². The Morgan fingerprint density at radius 1 is 0.892 bits per heavy atom. The fourth-order valence-electron chi connectivity index (χ4n) is 10.5. The molecule has 2 saturated heterocycles. The zero-order valence-electron chi connectivity index (χ0n) is 40.8. The highest BCUT2D eigenvalue weighted by Crippen LogP contribution is 2.39. The molecule has 5 rings (SSSR count). The predicted octanol–water partition coefficient (Wildman–Crippen LogP) is 6.63. The summed E-state index contributed by atoms with van der Waals surface area (Å²) in [4.78, 5) is 60.4. The smallest absolute Gasteiger partial charge is 0.329 e. The van der Waals surface area contributed by atoms with Gasteiger partial charge in [0.25, 0.3) is 11.7 Å². The molecule has 14 unspecified atom stereocenters. The van der Waals surface area contributed by atoms with Crippen molar-refractivity contribution in [2.24, 2.45) is 29.6 Å². The average molecular weight is 911 g/mol. The van der Waals surface area contributed by atoms with Gasteiger partial charge in [-0.25, -0.2) is 4.79 Å². The second-order valence-corrected chi connectivity index (χ2v) is 19.6. The van der Waals surface area contributed by atoms with Crippen LogP contribution in [-0.4, -0.2) is 135 Å². The van der Waals surface area contributed by atoms with Crippen molar-refractivity contribution in [3.05, 3.63) is 47.6 Å². The molecule has 0 spiro atoms. The molecule has 364 valence electrons. The lowest BCUT2D eigenvalue weighted by molar-refractivity contribution is -0.302. The summed E-state index contributed by atoms with van der Waals surface area (Å²) in [5, 5.41) is 24.0. The number of methoxy groups -OCH3 is 3. The fraction of sp³-hybridized carbons (Fsp3) is 0.725. The van der Waals surface area contributed by atoms with Gasteiger partial charge in [0, 0.05) is 71.8 Å². The van der Waals surface area contributed by atoms with Crippen LogP contribution in [0.1, 0.15) is 112 Å². The summed E-state index contributed by atoms with van der Waals surface area (Å²) >= 11 is 0. The third kappa shape index (κ3) is 12.7. The normalized spacial score (nSPS) is 37.3. The Bertz CT molecular complexity index is 1830. The number of anilines is 1. The van der Waals surface area contributed by atoms with Gasteiger partial charge in [-0.15, -0.1) is 0 Å². The first-order valence-electron chi connectivity index (χ1n) is 23.9. The number of carbonyl (C=O) groups excluding carboxylic acids is 4. The molecule has 1 amide bonds. The molecule has 1 aromatic rings. The molecule has 65 heavy (non-hydrogen) atoms. The highest BCUT2D eigenvalue weighted by Gasteiger charge is 2.56. The Hall–Kier alpha value is -3.66. The Labute approximate surface area is 387 Å². The monoisotopic (exact) mass is 911 g/mol. The van der Waals surface area contributed by atoms with Gasteiger partial charge in [-0.1, -0.05) is 45.4 Å². The maximum absolute atomic E-state index is 14.5. The number of fused-ring (bicyclic) bond motifs is 3. The van der Waals surface area contributed by atoms with Gasteiger partial charge in [0.15, 0.2) is 0 Å². The average Bonchev–Trinajstić information content (AvgIpc) is 3.29. The molecule has 2 bridgehead atoms. The Balaban J connectivity index is 1.47. The van der Waals surface area contributed by atoms with Crippen molar-refractivity contribution in [2.75, 3.05) is 46.9 Å². The van der Waals surface area contributed by atoms with Crippen LogP contribution in [0.2, 0.25) is 0 Å². The van der Waals surface area contributed by atoms with Crippen LogP contribution in [0.5, 0.6) is 5.75 Å². The Morgan fingerprint density at radius 2 is 1.55 bits per heavy atom. The number of benzene rings is 1. The van der Waals surface area contributed by atoms with E-state index in [0.717, 1.165) is 23.4 Å². The summed E-state index contributed by atoms with van der Waals surface area (Å²) in [5.41, 5.74) is 2.76. The molecule has 4 aliphatic rings. The van der Waals surface area contributed by atoms with E-state index in [1.165, 1.54) is 19.1 Å². The molecule has 14 nitrogen and oxygen atoms in total. The number of cyclic esters (lactones) is 1. The summed E-state index contributed by atoms with van der Waals surface area (Å²) in [6, 6.07) is 6.81. The van der Waals surface area contributed by atoms with E-state index in [1.807, 2.05) is 70.1 Å². The lowest BCUT2D eigenvalue weighted by Crippen LogP contribution is -2.64. The largest absolute Gasteiger partial charge is 0.488 e. The van der Waals surface area contributed by atoms with E-state index in [1.54, 1.807) is 21.0 Å². The number of aliphatic hydroxyl groups excluding tert-OH is 1. The number of esters is 1. The number of amides is 1. The van der Waals surface area contributed by atoms with E-state index in [-0.39, 0.29) is 55.6 Å². The number of ether oxygens (including phenoxy) is 6. The molecule has 1 aliphatic carbocycles. The summed E-state index contributed by atoms with van der Waals surface area (Å²) < 4.78 is 36.9. The van der Waals surface area contributed by atoms with Crippen molar-refractivity contribution < 1.29 is 57.8 Å². The van der Waals surface area contributed by atoms with Crippen LogP contribution < -0.4 is 9.64 Å². The zero-order chi connectivity index (χ0) is 47.7. The van der Waals surface area contributed by atoms with Crippen molar-refractivity contribution in [1.82, 2.24) is 4.90 Å². The molecule has 0 radical (unpaired) electrons. The first-order valence-corrected chi connectivity index (χ1v) is 23.9. The van der Waals surface area contributed by atoms with E-state index in [9.17, 15) is 29.4 Å². The molecule has 14 atom stereocenters. The molecule has 0 aromatic heterocycles. The van der Waals surface area contributed by atoms with Crippen molar-refractivity contribution in [2.45, 2.75) is 167 Å². The lowest BCUT2D eigenvalue weighted by atomic mass is 9.81. The summed E-state index contributed by atoms with van der Waals surface area (Å²) in [7, 11) is 8.73. The maximum Gasteiger partial charge on any atom is 0.329 e. The summed E-state index contributed by atoms with van der Waals surface area (Å²) in [5.74, 6) is -6.71. The number of rotatable bonds is 9. The van der Waals surface area contributed by atoms with Crippen molar-refractivity contribution in [3.63, 3.8) is 0 Å². The van der Waals surface area contributed by atoms with Gasteiger partial charge in [0.2, 0.25) is 5.79 Å². The van der Waals surface area contributed by atoms with Crippen LogP contribution in [-0.2, 0) is 42.9 Å². The fourth-order valence-corrected chi connectivity index (χ4v) is 10.5. The van der Waals surface area contributed by atoms with Crippen LogP contribution >= 0.6 is 0 Å². The minimum absolute atomic E-state index is 0.0218. The third-order valence-electron chi connectivity index (χ3n) is 14.5. The standard InChI is InChI=1S/C51H78N2O12/c1-12-36-24-30(2)23-31(3)25-44(61-10)47-45(62-11)27-33(5)51(59,65-47)48(56)49(57)53-22-14-13-15-39(53)50(58)64-46(34(6)40(54)29-41(36)55)32(4)26-35-16-21-42(43(28-35)60-9)63-38-19-17-37(18-20-38)52(7)8/h17-20,24,26,31,33-36,39-40,42-47,54,59H,12-16,21-23,25,27-29H2,1-11H3/b30-24+,32-26?. The number of hydrogen-bond donors (Lipinski definition) is 2. The van der Waals surface area contributed by atoms with Crippen LogP contribution in [0.15, 0.2) is 47.6 Å². The van der Waals surface area contributed by atoms with Crippen LogP contribution in [0.3, 0.4) is 0 Å². The van der Waals surface area contributed by atoms with Gasteiger partial charge in [0.1, 0.15) is 35.9 Å². The van der Waals surface area contributed by atoms with Gasteiger partial charge in [-0.05, 0) is 120 Å². The second-order valence-electron chi connectivity index (χ2n) is 19.6. The molecule has 14 heteroatoms. The summed E-state index contributed by atoms with van der Waals surface area (Å²) in [6.07, 6.45) is 4.68. The van der Waals surface area contributed by atoms with Gasteiger partial charge >= 0.3 is 5.97 Å². The van der Waals surface area contributed by atoms with Crippen molar-refractivity contribution in [1.29, 1.82) is 0 Å². The topological polar surface area (TPSA) is 171 Å². The maximum atomic E-state index is 14.5. The van der Waals surface area contributed by atoms with Gasteiger partial charge in [-0.2, -0.15) is 0 Å². The third-order valence-corrected chi connectivity index (χ3v) is 14.5. The Kier molecular flexibility index (Phi) is 18.8. The minimum atomic E-state index is -2.51. The van der Waals surface area contributed by atoms with Crippen molar-refractivity contribution in [3.8, 4) is 5.75 Å². The first kappa shape index (κ1) is 52.3. The quantitative estimate of drug-likeness (QED) is 0.154. The molecule has 1 saturated carbocycles. The lowest BCUT2D eigenvalue weighted by Gasteiger charge is -2.47. The van der Waals surface area contributed by atoms with Crippen molar-refractivity contribution >= 4 is 29.1 Å². The van der Waals surface area contributed by atoms with Crippen LogP contribution in [0.4, 0.5) is 5.69 Å². The number of hydrogen-bond acceptors (Lipinski definition) is 13. The van der Waals surface area contributed by atoms with Gasteiger partial charge in [0.05, 0.1) is 24.4 Å². The zero-order valence-corrected chi connectivity index (χ0v) is 40.8. The van der Waals surface area contributed by atoms with E-state index in [4.69, 9.17) is 28.4 Å². The number of Topliss-reactive ketones (excluding diaryl/α,β-unsaturated/α-hetero) is 2. The van der Waals surface area contributed by atoms with E-state index < -0.39 is 77.8 Å². The number of aliphatic hydroxyl groups is 2. The molecule has 1 aromatic carbocycles. The van der Waals surface area contributed by atoms with Gasteiger partial charge in [-0.3, -0.25) is 14.4 Å². The number of allylic oxidation sites excluding steroid dienone is 3. The predicted molar refractivity (Wildman–Crippen MR) is 247 cm³/mol. The first-order chi connectivity index (χ1) is 30.8. The Morgan fingerprint density at radius 3 is 2.18 bits per heavy atom. The molecule has 3 heterocycles. The molecule has 3 fully saturated rings. The highest BCUT2D eigenvalue weighted by atomic mass is 16.7. The number of ketones is 2. The van der Waals surface area contributed by atoms with E-state index in [0.29, 0.717) is 50.5 Å².